The average Bonchev–Trinajstić information content (AvgIpc) is 1.73. The maximum Gasteiger partial charge on any atom is 0.246 e. The number of carbonyl (C=O) groups excluding carboxylic acids is 17. The van der Waals surface area contributed by atoms with Gasteiger partial charge in [-0.2, -0.15) is 0 Å². The molecule has 736 valence electrons. The minimum absolute atomic E-state index is 0.00262. The predicted octanol–water partition coefficient (Wildman–Crippen LogP) is -1.05. The van der Waals surface area contributed by atoms with E-state index in [0.29, 0.717) is 82.7 Å². The Morgan fingerprint density at radius 2 is 1.04 bits per heavy atom. The zero-order chi connectivity index (χ0) is 98.8. The summed E-state index contributed by atoms with van der Waals surface area (Å²) in [6.45, 7) is 2.25. The Kier molecular flexibility index (Phi) is 40.7. The van der Waals surface area contributed by atoms with Crippen LogP contribution in [0.3, 0.4) is 0 Å². The van der Waals surface area contributed by atoms with Crippen molar-refractivity contribution in [3.05, 3.63) is 138 Å². The molecule has 2 saturated heterocycles. The summed E-state index contributed by atoms with van der Waals surface area (Å²) in [6.07, 6.45) is 13.3. The standard InChI is InChI=1S/C93H130N24O18S/c1-54(2)39-67-88(131)113(4)49-78(121)104-65(41-57-45-100-62-31-23-21-29-60(57)62)83(126)111-71(50-118)85(128)110-69(42-58-46-101-63-32-24-22-30-61(58)63)90(133)116(7)75-35-20-15-13-11-9-8-10-12-14-19-34-73(115(6)92(75)135)86(129)106-64(33-25-37-99-93(96)97)82(125)112-72(81(124)102-48-77(95)120)51-136-52-79(122)105-68(40-56-27-17-16-18-28-56)89(132)114(5)55(3)80(123)108-70(44-76(94)119)91(134)117-38-26-36-74(117)87(130)107-66(84(127)109-67)43-59-47-98-53-103-59/h8-9,16-18,21-24,27-32,45-47,53-55,64-75,100-101,118H,10-15,19-20,25-26,33-44,48-52H2,1-7H3,(H2,94,119)(H2,95,120)(H,98,103)(H,102,124)(H,104,121)(H,105,122)(H,106,129)(H,107,130)(H,108,123)(H,109,127)(H,110,128)(H,111,126)(H,112,125)(H4,96,97,99)/b9-8-/t55-,64-,65-,66-,67-,68-,69-,70-,71-,72-,73-,74-,75-/m0/s1. The quantitative estimate of drug-likeness (QED) is 0.0188. The van der Waals surface area contributed by atoms with Crippen molar-refractivity contribution in [2.45, 2.75) is 228 Å². The number of aromatic nitrogens is 4. The fourth-order valence-electron chi connectivity index (χ4n) is 16.8. The second kappa shape index (κ2) is 52.2. The van der Waals surface area contributed by atoms with Gasteiger partial charge in [0.05, 0.1) is 38.2 Å². The molecule has 42 nitrogen and oxygen atoms in total. The number of para-hydroxylation sites is 2. The number of fused-ring (bicyclic) bond motifs is 6. The minimum Gasteiger partial charge on any atom is -0.394 e. The van der Waals surface area contributed by atoms with Crippen LogP contribution in [0.5, 0.6) is 0 Å². The number of nitrogens with one attached hydrogen (secondary N) is 15. The number of benzene rings is 3. The van der Waals surface area contributed by atoms with Crippen LogP contribution in [0.4, 0.5) is 0 Å². The molecule has 3 aliphatic heterocycles. The maximum absolute atomic E-state index is 15.9. The molecule has 6 heterocycles. The van der Waals surface area contributed by atoms with Crippen LogP contribution in [0.25, 0.3) is 21.8 Å². The highest BCUT2D eigenvalue weighted by molar-refractivity contribution is 8.00. The molecule has 13 atom stereocenters. The molecule has 22 N–H and O–H groups in total. The van der Waals surface area contributed by atoms with Gasteiger partial charge in [0.2, 0.25) is 100 Å². The van der Waals surface area contributed by atoms with Gasteiger partial charge in [-0.15, -0.1) is 11.8 Å². The van der Waals surface area contributed by atoms with Crippen molar-refractivity contribution in [1.29, 1.82) is 5.41 Å². The van der Waals surface area contributed by atoms with Crippen LogP contribution in [-0.2, 0) is 107 Å². The van der Waals surface area contributed by atoms with E-state index >= 15 is 28.8 Å². The van der Waals surface area contributed by atoms with Crippen molar-refractivity contribution in [2.24, 2.45) is 23.1 Å². The number of primary amides is 2. The number of aliphatic hydroxyl groups is 1. The first kappa shape index (κ1) is 106. The van der Waals surface area contributed by atoms with E-state index in [1.807, 2.05) is 0 Å². The molecule has 17 amide bonds. The lowest BCUT2D eigenvalue weighted by molar-refractivity contribution is -0.149. The smallest absolute Gasteiger partial charge is 0.246 e. The molecule has 2 bridgehead atoms. The first-order valence-electron chi connectivity index (χ1n) is 45.9. The fourth-order valence-corrected chi connectivity index (χ4v) is 17.6. The van der Waals surface area contributed by atoms with Crippen molar-refractivity contribution in [3.63, 3.8) is 0 Å². The number of nitrogens with zero attached hydrogens (tertiary/aromatic N) is 6. The zero-order valence-electron chi connectivity index (χ0n) is 77.9. The summed E-state index contributed by atoms with van der Waals surface area (Å²) < 4.78 is 0. The van der Waals surface area contributed by atoms with E-state index in [1.54, 1.807) is 105 Å². The van der Waals surface area contributed by atoms with Gasteiger partial charge in [-0.1, -0.05) is 118 Å². The Balaban J connectivity index is 1.10. The highest BCUT2D eigenvalue weighted by Gasteiger charge is 2.44. The van der Waals surface area contributed by atoms with E-state index in [9.17, 15) is 57.8 Å². The Hall–Kier alpha value is -13.7. The fraction of sp³-hybridized carbons (Fsp3) is 0.516. The Bertz CT molecular complexity index is 5220. The van der Waals surface area contributed by atoms with Crippen molar-refractivity contribution in [2.75, 3.05) is 72.5 Å². The van der Waals surface area contributed by atoms with Gasteiger partial charge >= 0.3 is 0 Å². The zero-order valence-corrected chi connectivity index (χ0v) is 78.7. The average molecular weight is 1900 g/mol. The number of aliphatic hydroxyl groups excluding tert-OH is 1. The lowest BCUT2D eigenvalue weighted by Gasteiger charge is -2.36. The van der Waals surface area contributed by atoms with Gasteiger partial charge in [-0.05, 0) is 112 Å². The summed E-state index contributed by atoms with van der Waals surface area (Å²) in [5, 5.41) is 49.8. The molecule has 0 unspecified atom stereocenters. The third-order valence-corrected chi connectivity index (χ3v) is 25.4. The maximum atomic E-state index is 15.9. The number of aromatic amines is 3. The number of rotatable bonds is 20. The molecule has 0 radical (unpaired) electrons. The van der Waals surface area contributed by atoms with Crippen molar-refractivity contribution < 1.29 is 86.6 Å². The SMILES string of the molecule is CC(C)C[C@@H]1NC(=O)[C@H](Cc2cnc[nH]2)NC(=O)[C@@H]2CCCN2C(=O)[C@H](CC(N)=O)NC(=O)[C@H](C)N(C)C(=O)[C@H](Cc2ccccc2)NC(=O)CSC[C@@H](C(=O)NCC(N)=O)NC(=O)[C@H](CCCNC(=N)N)NC(=O)[C@@H]2CCCCC/C=C\CCCCC[C@@H](C(=O)N2C)N(C)C(=O)[C@H](Cc2c[nH]c3ccccc23)NC(=O)[C@H](CO)NC(=O)[C@H](Cc2c[nH]c3ccccc23)NC(=O)CN(C)C1=O. The molecule has 9 rings (SSSR count). The lowest BCUT2D eigenvalue weighted by atomic mass is 9.98. The van der Waals surface area contributed by atoms with Crippen LogP contribution < -0.4 is 75.7 Å². The van der Waals surface area contributed by atoms with E-state index in [4.69, 9.17) is 22.6 Å². The number of allylic oxidation sites excluding steroid dienone is 2. The summed E-state index contributed by atoms with van der Waals surface area (Å²) in [4.78, 5) is 269. The van der Waals surface area contributed by atoms with Crippen LogP contribution in [0.15, 0.2) is 116 Å². The van der Waals surface area contributed by atoms with Crippen LogP contribution in [0.1, 0.15) is 146 Å². The summed E-state index contributed by atoms with van der Waals surface area (Å²) in [6, 6.07) is 2.95. The van der Waals surface area contributed by atoms with Crippen molar-refractivity contribution in [3.8, 4) is 0 Å². The molecule has 0 saturated carbocycles. The summed E-state index contributed by atoms with van der Waals surface area (Å²) in [7, 11) is 5.32. The molecular weight excluding hydrogens is 1770 g/mol. The molecule has 6 aromatic rings. The van der Waals surface area contributed by atoms with E-state index in [1.165, 1.54) is 57.4 Å². The number of amides is 17. The van der Waals surface area contributed by atoms with E-state index in [0.717, 1.165) is 39.3 Å². The number of carbonyl (C=O) groups is 17. The van der Waals surface area contributed by atoms with E-state index in [2.05, 4.69) is 90.6 Å². The first-order chi connectivity index (χ1) is 65.0. The molecular formula is C93H130N24O18S. The van der Waals surface area contributed by atoms with E-state index in [-0.39, 0.29) is 89.6 Å². The van der Waals surface area contributed by atoms with Gasteiger partial charge in [0.25, 0.3) is 0 Å². The monoisotopic (exact) mass is 1900 g/mol. The third kappa shape index (κ3) is 31.2. The van der Waals surface area contributed by atoms with Gasteiger partial charge in [-0.3, -0.25) is 86.9 Å². The number of H-pyrrole nitrogens is 3. The highest BCUT2D eigenvalue weighted by Crippen LogP contribution is 2.27. The molecule has 3 aliphatic rings. The molecule has 43 heteroatoms. The molecule has 136 heavy (non-hydrogen) atoms. The summed E-state index contributed by atoms with van der Waals surface area (Å²) in [5.74, 6) is -17.0. The molecule has 0 aliphatic carbocycles. The normalized spacial score (nSPS) is 24.5. The minimum atomic E-state index is -1.85. The Labute approximate surface area is 792 Å². The highest BCUT2D eigenvalue weighted by atomic mass is 32.2. The molecule has 3 aromatic carbocycles. The molecule has 0 spiro atoms. The largest absolute Gasteiger partial charge is 0.394 e. The van der Waals surface area contributed by atoms with Gasteiger partial charge < -0.3 is 120 Å². The molecule has 3 aromatic heterocycles. The lowest BCUT2D eigenvalue weighted by Crippen LogP contribution is -2.61. The van der Waals surface area contributed by atoms with Gasteiger partial charge in [0.15, 0.2) is 5.96 Å². The number of thioether (sulfide) groups is 1. The second-order valence-corrected chi connectivity index (χ2v) is 36.1. The topological polar surface area (TPSA) is 621 Å². The number of imidazole rings is 1. The Morgan fingerprint density at radius 1 is 0.515 bits per heavy atom. The Morgan fingerprint density at radius 3 is 1.65 bits per heavy atom. The predicted molar refractivity (Wildman–Crippen MR) is 506 cm³/mol. The van der Waals surface area contributed by atoms with Crippen LogP contribution >= 0.6 is 11.8 Å². The third-order valence-electron chi connectivity index (χ3n) is 24.3. The molecule has 2 fully saturated rings. The van der Waals surface area contributed by atoms with Gasteiger partial charge in [0, 0.05) is 119 Å². The number of nitrogens with two attached hydrogens (primary N) is 3. The number of guanidine groups is 1. The summed E-state index contributed by atoms with van der Waals surface area (Å²) in [5.41, 5.74) is 20.1. The van der Waals surface area contributed by atoms with Gasteiger partial charge in [-0.25, -0.2) is 4.98 Å². The van der Waals surface area contributed by atoms with Crippen LogP contribution in [0.2, 0.25) is 0 Å². The van der Waals surface area contributed by atoms with Crippen molar-refractivity contribution in [1.82, 2.24) is 103 Å². The first-order valence-corrected chi connectivity index (χ1v) is 47.1. The van der Waals surface area contributed by atoms with Crippen molar-refractivity contribution >= 4 is 140 Å². The summed E-state index contributed by atoms with van der Waals surface area (Å²) >= 11 is 0.801. The second-order valence-electron chi connectivity index (χ2n) is 35.1. The number of likely N-dealkylation sites (N-methyl/N-ethyl adjacent to an activating group) is 4. The number of hydrogen-bond donors (Lipinski definition) is 19. The van der Waals surface area contributed by atoms with E-state index < -0.39 is 223 Å². The number of hydrogen-bond acceptors (Lipinski definition) is 21. The van der Waals surface area contributed by atoms with Gasteiger partial charge in [0.1, 0.15) is 78.5 Å². The van der Waals surface area contributed by atoms with Crippen LogP contribution in [-0.4, -0.2) is 307 Å². The van der Waals surface area contributed by atoms with Crippen LogP contribution in [0, 0.1) is 11.3 Å².